The fourth-order valence-electron chi connectivity index (χ4n) is 2.85. The minimum Gasteiger partial charge on any atom is -0.370 e. The summed E-state index contributed by atoms with van der Waals surface area (Å²) in [6, 6.07) is 13.6. The predicted octanol–water partition coefficient (Wildman–Crippen LogP) is 3.22. The Morgan fingerprint density at radius 3 is 2.75 bits per heavy atom. The Labute approximate surface area is 139 Å². The normalized spacial score (nSPS) is 18.1. The maximum absolute atomic E-state index is 12.4. The second-order valence-corrected chi connectivity index (χ2v) is 7.46. The van der Waals surface area contributed by atoms with E-state index in [1.807, 2.05) is 0 Å². The van der Waals surface area contributed by atoms with E-state index < -0.39 is 10.0 Å². The van der Waals surface area contributed by atoms with Crippen molar-refractivity contribution in [3.8, 4) is 0 Å². The zero-order chi connectivity index (χ0) is 16.6. The lowest BCUT2D eigenvalue weighted by atomic mass is 10.2. The van der Waals surface area contributed by atoms with Gasteiger partial charge in [-0.2, -0.15) is 0 Å². The van der Waals surface area contributed by atoms with Gasteiger partial charge in [0, 0.05) is 6.61 Å². The van der Waals surface area contributed by atoms with Crippen molar-refractivity contribution in [3.63, 3.8) is 0 Å². The Hall–Kier alpha value is -2.38. The molecular formula is C17H17N3O3S. The van der Waals surface area contributed by atoms with Crippen molar-refractivity contribution < 1.29 is 13.2 Å². The van der Waals surface area contributed by atoms with E-state index in [4.69, 9.17) is 4.74 Å². The highest BCUT2D eigenvalue weighted by Gasteiger charge is 2.21. The molecule has 0 saturated carbocycles. The van der Waals surface area contributed by atoms with Crippen LogP contribution in [0.15, 0.2) is 53.4 Å². The zero-order valence-corrected chi connectivity index (χ0v) is 13.7. The number of benzene rings is 2. The molecule has 0 bridgehead atoms. The van der Waals surface area contributed by atoms with E-state index in [-0.39, 0.29) is 11.0 Å². The summed E-state index contributed by atoms with van der Waals surface area (Å²) in [5.41, 5.74) is 2.07. The molecule has 7 heteroatoms. The van der Waals surface area contributed by atoms with Crippen LogP contribution >= 0.6 is 0 Å². The number of rotatable bonds is 4. The van der Waals surface area contributed by atoms with Crippen LogP contribution in [0.1, 0.15) is 24.8 Å². The molecule has 1 saturated heterocycles. The van der Waals surface area contributed by atoms with Crippen molar-refractivity contribution in [1.29, 1.82) is 0 Å². The number of nitrogens with zero attached hydrogens (tertiary/aromatic N) is 1. The number of anilines is 1. The molecule has 24 heavy (non-hydrogen) atoms. The third-order valence-electron chi connectivity index (χ3n) is 4.04. The second kappa shape index (κ2) is 5.92. The highest BCUT2D eigenvalue weighted by molar-refractivity contribution is 7.92. The van der Waals surface area contributed by atoms with Gasteiger partial charge in [0.25, 0.3) is 10.0 Å². The zero-order valence-electron chi connectivity index (χ0n) is 12.9. The summed E-state index contributed by atoms with van der Waals surface area (Å²) in [5.74, 6) is 0.797. The van der Waals surface area contributed by atoms with Crippen molar-refractivity contribution in [2.24, 2.45) is 0 Å². The molecule has 1 atom stereocenters. The molecule has 1 aromatic heterocycles. The molecule has 6 nitrogen and oxygen atoms in total. The van der Waals surface area contributed by atoms with Gasteiger partial charge in [0.2, 0.25) is 0 Å². The van der Waals surface area contributed by atoms with Gasteiger partial charge < -0.3 is 9.72 Å². The van der Waals surface area contributed by atoms with Crippen molar-refractivity contribution in [2.75, 3.05) is 11.3 Å². The van der Waals surface area contributed by atoms with Gasteiger partial charge in [-0.1, -0.05) is 18.2 Å². The first-order valence-electron chi connectivity index (χ1n) is 7.81. The van der Waals surface area contributed by atoms with E-state index in [9.17, 15) is 8.42 Å². The molecule has 0 aliphatic carbocycles. The van der Waals surface area contributed by atoms with Crippen LogP contribution in [0.5, 0.6) is 0 Å². The Morgan fingerprint density at radius 1 is 1.17 bits per heavy atom. The standard InChI is InChI=1S/C17H17N3O3S/c21-24(22,13-5-2-1-3-6-13)20-12-8-9-14-15(11-12)19-17(18-14)16-7-4-10-23-16/h1-3,5-6,8-9,11,16,20H,4,7,10H2,(H,18,19). The smallest absolute Gasteiger partial charge is 0.261 e. The van der Waals surface area contributed by atoms with E-state index in [2.05, 4.69) is 14.7 Å². The SMILES string of the molecule is O=S(=O)(Nc1ccc2nc(C3CCCO3)[nH]c2c1)c1ccccc1. The van der Waals surface area contributed by atoms with E-state index in [0.717, 1.165) is 36.3 Å². The summed E-state index contributed by atoms with van der Waals surface area (Å²) in [6.07, 6.45) is 1.99. The summed E-state index contributed by atoms with van der Waals surface area (Å²) in [5, 5.41) is 0. The van der Waals surface area contributed by atoms with Crippen LogP contribution in [0.2, 0.25) is 0 Å². The van der Waals surface area contributed by atoms with Gasteiger partial charge in [-0.25, -0.2) is 13.4 Å². The van der Waals surface area contributed by atoms with E-state index >= 15 is 0 Å². The molecule has 2 N–H and O–H groups in total. The fraction of sp³-hybridized carbons (Fsp3) is 0.235. The first-order valence-corrected chi connectivity index (χ1v) is 9.29. The average molecular weight is 343 g/mol. The van der Waals surface area contributed by atoms with Crippen molar-refractivity contribution in [1.82, 2.24) is 9.97 Å². The maximum atomic E-state index is 12.4. The van der Waals surface area contributed by atoms with Crippen LogP contribution in [0.3, 0.4) is 0 Å². The van der Waals surface area contributed by atoms with Crippen molar-refractivity contribution in [2.45, 2.75) is 23.8 Å². The number of hydrogen-bond acceptors (Lipinski definition) is 4. The van der Waals surface area contributed by atoms with Gasteiger partial charge in [0.1, 0.15) is 11.9 Å². The van der Waals surface area contributed by atoms with Crippen LogP contribution in [-0.2, 0) is 14.8 Å². The Balaban J connectivity index is 1.63. The van der Waals surface area contributed by atoms with E-state index in [1.165, 1.54) is 0 Å². The molecular weight excluding hydrogens is 326 g/mol. The molecule has 3 aromatic rings. The first-order chi connectivity index (χ1) is 11.6. The number of H-pyrrole nitrogens is 1. The molecule has 2 aromatic carbocycles. The minimum absolute atomic E-state index is 0.00172. The molecule has 1 unspecified atom stereocenters. The van der Waals surface area contributed by atoms with Crippen LogP contribution in [-0.4, -0.2) is 25.0 Å². The number of aromatic nitrogens is 2. The third kappa shape index (κ3) is 2.88. The molecule has 4 rings (SSSR count). The number of fused-ring (bicyclic) bond motifs is 1. The van der Waals surface area contributed by atoms with E-state index in [0.29, 0.717) is 5.69 Å². The summed E-state index contributed by atoms with van der Waals surface area (Å²) in [7, 11) is -3.60. The number of nitrogens with one attached hydrogen (secondary N) is 2. The van der Waals surface area contributed by atoms with Gasteiger partial charge in [-0.3, -0.25) is 4.72 Å². The summed E-state index contributed by atoms with van der Waals surface area (Å²) in [4.78, 5) is 8.00. The molecule has 0 amide bonds. The molecule has 2 heterocycles. The molecule has 1 aliphatic heterocycles. The maximum Gasteiger partial charge on any atom is 0.261 e. The lowest BCUT2D eigenvalue weighted by Gasteiger charge is -2.07. The fourth-order valence-corrected chi connectivity index (χ4v) is 3.92. The van der Waals surface area contributed by atoms with E-state index in [1.54, 1.807) is 48.5 Å². The molecule has 1 aliphatic rings. The molecule has 124 valence electrons. The number of hydrogen-bond donors (Lipinski definition) is 2. The average Bonchev–Trinajstić information content (AvgIpc) is 3.24. The van der Waals surface area contributed by atoms with Crippen LogP contribution in [0.25, 0.3) is 11.0 Å². The summed E-state index contributed by atoms with van der Waals surface area (Å²) in [6.45, 7) is 0.754. The summed E-state index contributed by atoms with van der Waals surface area (Å²) >= 11 is 0. The number of imidazole rings is 1. The quantitative estimate of drug-likeness (QED) is 0.762. The van der Waals surface area contributed by atoms with Gasteiger partial charge in [0.05, 0.1) is 21.6 Å². The van der Waals surface area contributed by atoms with Crippen LogP contribution in [0.4, 0.5) is 5.69 Å². The predicted molar refractivity (Wildman–Crippen MR) is 91.3 cm³/mol. The third-order valence-corrected chi connectivity index (χ3v) is 5.44. The highest BCUT2D eigenvalue weighted by Crippen LogP contribution is 2.29. The van der Waals surface area contributed by atoms with Crippen LogP contribution in [0, 0.1) is 0 Å². The van der Waals surface area contributed by atoms with Crippen LogP contribution < -0.4 is 4.72 Å². The van der Waals surface area contributed by atoms with Crippen molar-refractivity contribution in [3.05, 3.63) is 54.4 Å². The topological polar surface area (TPSA) is 84.1 Å². The monoisotopic (exact) mass is 343 g/mol. The van der Waals surface area contributed by atoms with Gasteiger partial charge in [-0.05, 0) is 43.2 Å². The highest BCUT2D eigenvalue weighted by atomic mass is 32.2. The minimum atomic E-state index is -3.60. The Bertz CT molecular complexity index is 961. The Morgan fingerprint density at radius 2 is 2.00 bits per heavy atom. The Kier molecular flexibility index (Phi) is 3.74. The molecule has 0 radical (unpaired) electrons. The second-order valence-electron chi connectivity index (χ2n) is 5.77. The van der Waals surface area contributed by atoms with Crippen molar-refractivity contribution >= 4 is 26.7 Å². The molecule has 0 spiro atoms. The number of ether oxygens (including phenoxy) is 1. The largest absolute Gasteiger partial charge is 0.370 e. The number of aromatic amines is 1. The first kappa shape index (κ1) is 15.2. The van der Waals surface area contributed by atoms with Gasteiger partial charge >= 0.3 is 0 Å². The number of sulfonamides is 1. The van der Waals surface area contributed by atoms with Gasteiger partial charge in [0.15, 0.2) is 0 Å². The van der Waals surface area contributed by atoms with Gasteiger partial charge in [-0.15, -0.1) is 0 Å². The summed E-state index contributed by atoms with van der Waals surface area (Å²) < 4.78 is 33.0. The lowest BCUT2D eigenvalue weighted by molar-refractivity contribution is 0.106. The molecule has 1 fully saturated rings. The lowest BCUT2D eigenvalue weighted by Crippen LogP contribution is -2.12.